The van der Waals surface area contributed by atoms with E-state index in [1.807, 2.05) is 37.8 Å². The van der Waals surface area contributed by atoms with Crippen molar-refractivity contribution in [3.63, 3.8) is 0 Å². The average Bonchev–Trinajstić information content (AvgIpc) is 2.67. The number of likely N-dealkylation sites (tertiary alicyclic amines) is 1. The lowest BCUT2D eigenvalue weighted by atomic mass is 10.0. The van der Waals surface area contributed by atoms with E-state index in [0.717, 1.165) is 44.6 Å². The number of allylic oxidation sites excluding steroid dienone is 4. The number of rotatable bonds is 3. The Morgan fingerprint density at radius 2 is 1.86 bits per heavy atom. The maximum atomic E-state index is 12.3. The second kappa shape index (κ2) is 9.46. The molecule has 1 N–H and O–H groups in total. The maximum Gasteiger partial charge on any atom is 0.321 e. The summed E-state index contributed by atoms with van der Waals surface area (Å²) in [4.78, 5) is 16.7. The van der Waals surface area contributed by atoms with Gasteiger partial charge in [-0.15, -0.1) is 0 Å². The molecular weight excluding hydrogens is 274 g/mol. The van der Waals surface area contributed by atoms with E-state index >= 15 is 0 Å². The van der Waals surface area contributed by atoms with Gasteiger partial charge in [0.05, 0.1) is 0 Å². The van der Waals surface area contributed by atoms with Crippen LogP contribution in [0.15, 0.2) is 36.1 Å². The minimum atomic E-state index is 0.0547. The lowest BCUT2D eigenvalue weighted by molar-refractivity contribution is 0.135. The summed E-state index contributed by atoms with van der Waals surface area (Å²) in [6, 6.07) is 0.431. The van der Waals surface area contributed by atoms with Crippen molar-refractivity contribution >= 4 is 6.03 Å². The number of hydrogen-bond donors (Lipinski definition) is 1. The molecule has 0 aromatic carbocycles. The van der Waals surface area contributed by atoms with Crippen molar-refractivity contribution in [1.82, 2.24) is 15.1 Å². The molecule has 2 aliphatic heterocycles. The molecule has 4 nitrogen and oxygen atoms in total. The first-order valence-electron chi connectivity index (χ1n) is 8.37. The van der Waals surface area contributed by atoms with E-state index in [2.05, 4.69) is 23.8 Å². The molecule has 0 radical (unpaired) electrons. The van der Waals surface area contributed by atoms with E-state index in [1.54, 1.807) is 6.08 Å². The standard InChI is InChI=1S/C16H25N3O.C2H6/c1-4-5-6-14-7-12-19(16(20)17-13(14)2)15-8-10-18(3)11-9-15;1-2/h4-6,15H,1,7-12H2,2-3H3,(H,17,20);1-2H3/b6-5-;. The molecule has 22 heavy (non-hydrogen) atoms. The van der Waals surface area contributed by atoms with Crippen molar-refractivity contribution in [3.05, 3.63) is 36.1 Å². The molecule has 2 rings (SSSR count). The molecule has 0 aliphatic carbocycles. The van der Waals surface area contributed by atoms with Crippen LogP contribution in [0.1, 0.15) is 40.0 Å². The van der Waals surface area contributed by atoms with Gasteiger partial charge in [0.15, 0.2) is 0 Å². The van der Waals surface area contributed by atoms with Gasteiger partial charge in [-0.1, -0.05) is 38.7 Å². The Bertz CT molecular complexity index is 432. The van der Waals surface area contributed by atoms with Gasteiger partial charge in [0.25, 0.3) is 0 Å². The fraction of sp³-hybridized carbons (Fsp3) is 0.611. The van der Waals surface area contributed by atoms with Gasteiger partial charge in [0.2, 0.25) is 0 Å². The summed E-state index contributed by atoms with van der Waals surface area (Å²) < 4.78 is 0. The molecule has 0 spiro atoms. The van der Waals surface area contributed by atoms with E-state index in [1.165, 1.54) is 5.57 Å². The second-order valence-electron chi connectivity index (χ2n) is 5.65. The van der Waals surface area contributed by atoms with Crippen LogP contribution in [0, 0.1) is 0 Å². The summed E-state index contributed by atoms with van der Waals surface area (Å²) in [6.45, 7) is 12.6. The van der Waals surface area contributed by atoms with Gasteiger partial charge < -0.3 is 15.1 Å². The Balaban J connectivity index is 0.00000116. The number of carbonyl (C=O) groups is 1. The van der Waals surface area contributed by atoms with Crippen LogP contribution < -0.4 is 5.32 Å². The van der Waals surface area contributed by atoms with E-state index in [0.29, 0.717) is 6.04 Å². The molecule has 0 atom stereocenters. The lowest BCUT2D eigenvalue weighted by Gasteiger charge is -2.36. The third-order valence-corrected chi connectivity index (χ3v) is 4.22. The number of piperidine rings is 1. The SMILES string of the molecule is C=C/C=C\C1=C(C)NC(=O)N(C2CCN(C)CC2)CC1.CC. The van der Waals surface area contributed by atoms with Crippen LogP contribution in [0.2, 0.25) is 0 Å². The molecule has 124 valence electrons. The number of carbonyl (C=O) groups excluding carboxylic acids is 1. The Hall–Kier alpha value is -1.55. The molecule has 0 bridgehead atoms. The van der Waals surface area contributed by atoms with E-state index in [9.17, 15) is 4.79 Å². The monoisotopic (exact) mass is 305 g/mol. The zero-order chi connectivity index (χ0) is 16.5. The Kier molecular flexibility index (Phi) is 7.96. The summed E-state index contributed by atoms with van der Waals surface area (Å²) in [5.41, 5.74) is 2.15. The number of nitrogens with one attached hydrogen (secondary N) is 1. The highest BCUT2D eigenvalue weighted by Gasteiger charge is 2.28. The summed E-state index contributed by atoms with van der Waals surface area (Å²) in [5.74, 6) is 0. The van der Waals surface area contributed by atoms with Crippen molar-refractivity contribution < 1.29 is 4.79 Å². The lowest BCUT2D eigenvalue weighted by Crippen LogP contribution is -2.49. The highest BCUT2D eigenvalue weighted by Crippen LogP contribution is 2.21. The minimum absolute atomic E-state index is 0.0547. The Morgan fingerprint density at radius 3 is 2.45 bits per heavy atom. The third kappa shape index (κ3) is 5.02. The molecule has 0 saturated carbocycles. The highest BCUT2D eigenvalue weighted by molar-refractivity contribution is 5.77. The minimum Gasteiger partial charge on any atom is -0.321 e. The van der Waals surface area contributed by atoms with Crippen molar-refractivity contribution in [2.24, 2.45) is 0 Å². The van der Waals surface area contributed by atoms with E-state index in [-0.39, 0.29) is 6.03 Å². The Morgan fingerprint density at radius 1 is 1.23 bits per heavy atom. The van der Waals surface area contributed by atoms with Gasteiger partial charge in [-0.25, -0.2) is 4.79 Å². The van der Waals surface area contributed by atoms with Crippen LogP contribution in [0.5, 0.6) is 0 Å². The molecule has 2 heterocycles. The number of hydrogen-bond acceptors (Lipinski definition) is 2. The van der Waals surface area contributed by atoms with Crippen LogP contribution in [-0.2, 0) is 0 Å². The van der Waals surface area contributed by atoms with Crippen LogP contribution >= 0.6 is 0 Å². The van der Waals surface area contributed by atoms with Crippen LogP contribution in [0.3, 0.4) is 0 Å². The van der Waals surface area contributed by atoms with Gasteiger partial charge in [-0.05, 0) is 51.9 Å². The number of amides is 2. The summed E-state index contributed by atoms with van der Waals surface area (Å²) in [7, 11) is 2.14. The van der Waals surface area contributed by atoms with Crippen molar-refractivity contribution in [1.29, 1.82) is 0 Å². The van der Waals surface area contributed by atoms with Gasteiger partial charge in [0, 0.05) is 18.3 Å². The van der Waals surface area contributed by atoms with Gasteiger partial charge in [-0.2, -0.15) is 0 Å². The third-order valence-electron chi connectivity index (χ3n) is 4.22. The fourth-order valence-corrected chi connectivity index (χ4v) is 2.89. The van der Waals surface area contributed by atoms with Gasteiger partial charge in [-0.3, -0.25) is 0 Å². The molecule has 0 aromatic heterocycles. The zero-order valence-corrected chi connectivity index (χ0v) is 14.6. The van der Waals surface area contributed by atoms with Gasteiger partial charge in [0.1, 0.15) is 0 Å². The zero-order valence-electron chi connectivity index (χ0n) is 14.6. The average molecular weight is 305 g/mol. The predicted molar refractivity (Wildman–Crippen MR) is 93.8 cm³/mol. The van der Waals surface area contributed by atoms with Crippen molar-refractivity contribution in [3.8, 4) is 0 Å². The first-order valence-corrected chi connectivity index (χ1v) is 8.37. The van der Waals surface area contributed by atoms with E-state index < -0.39 is 0 Å². The normalized spacial score (nSPS) is 21.3. The second-order valence-corrected chi connectivity index (χ2v) is 5.65. The van der Waals surface area contributed by atoms with Crippen molar-refractivity contribution in [2.45, 2.75) is 46.1 Å². The molecule has 2 aliphatic rings. The molecule has 0 aromatic rings. The number of nitrogens with zero attached hydrogens (tertiary/aromatic N) is 2. The van der Waals surface area contributed by atoms with Gasteiger partial charge >= 0.3 is 6.03 Å². The smallest absolute Gasteiger partial charge is 0.321 e. The predicted octanol–water partition coefficient (Wildman–Crippen LogP) is 3.54. The first-order chi connectivity index (χ1) is 10.6. The first kappa shape index (κ1) is 18.5. The topological polar surface area (TPSA) is 35.6 Å². The van der Waals surface area contributed by atoms with Crippen LogP contribution in [0.4, 0.5) is 4.79 Å². The quantitative estimate of drug-likeness (QED) is 0.810. The summed E-state index contributed by atoms with van der Waals surface area (Å²) in [5, 5.41) is 3.03. The van der Waals surface area contributed by atoms with Crippen molar-refractivity contribution in [2.75, 3.05) is 26.7 Å². The molecule has 2 amide bonds. The maximum absolute atomic E-state index is 12.3. The Labute approximate surface area is 135 Å². The molecule has 1 fully saturated rings. The molecule has 4 heteroatoms. The summed E-state index contributed by atoms with van der Waals surface area (Å²) >= 11 is 0. The number of urea groups is 1. The molecular formula is C18H31N3O. The molecule has 1 saturated heterocycles. The largest absolute Gasteiger partial charge is 0.321 e. The van der Waals surface area contributed by atoms with Crippen LogP contribution in [-0.4, -0.2) is 48.6 Å². The highest BCUT2D eigenvalue weighted by atomic mass is 16.2. The molecule has 0 unspecified atom stereocenters. The summed E-state index contributed by atoms with van der Waals surface area (Å²) in [6.07, 6.45) is 8.78. The fourth-order valence-electron chi connectivity index (χ4n) is 2.89. The van der Waals surface area contributed by atoms with Crippen LogP contribution in [0.25, 0.3) is 0 Å². The van der Waals surface area contributed by atoms with E-state index in [4.69, 9.17) is 0 Å².